The average molecular weight is 751 g/mol. The van der Waals surface area contributed by atoms with Crippen LogP contribution in [-0.4, -0.2) is 31.4 Å². The van der Waals surface area contributed by atoms with Gasteiger partial charge in [-0.25, -0.2) is 0 Å². The summed E-state index contributed by atoms with van der Waals surface area (Å²) in [6.45, 7) is 10.5. The third-order valence-electron chi connectivity index (χ3n) is 9.88. The molecular formula is C48H78O4S. The third-order valence-corrected chi connectivity index (χ3v) is 11.0. The SMILES string of the molecule is CCCCCCCCCCCCCCCCCCCCCSc1ccc(/C=C/C(=O)c2cc(OCCCC)c(OCCCC)c(OCCCC)c2)cc1. The van der Waals surface area contributed by atoms with E-state index in [4.69, 9.17) is 14.2 Å². The molecular weight excluding hydrogens is 673 g/mol. The molecule has 0 aliphatic rings. The lowest BCUT2D eigenvalue weighted by Gasteiger charge is -2.18. The first-order valence-corrected chi connectivity index (χ1v) is 23.1. The summed E-state index contributed by atoms with van der Waals surface area (Å²) in [5.74, 6) is 2.88. The van der Waals surface area contributed by atoms with E-state index in [9.17, 15) is 4.79 Å². The number of thioether (sulfide) groups is 1. The second kappa shape index (κ2) is 33.0. The Labute approximate surface area is 331 Å². The molecule has 0 aliphatic heterocycles. The quantitative estimate of drug-likeness (QED) is 0.0300. The van der Waals surface area contributed by atoms with E-state index in [1.54, 1.807) is 6.08 Å². The molecule has 0 saturated heterocycles. The number of carbonyl (C=O) groups is 1. The van der Waals surface area contributed by atoms with E-state index in [1.807, 2.05) is 30.0 Å². The standard InChI is InChI=1S/C48H78O4S/c1-5-9-13-14-15-16-17-18-19-20-21-22-23-24-25-26-27-28-29-39-53-44-33-30-42(31-34-44)32-35-45(49)43-40-46(50-36-10-6-2)48(52-38-12-8-4)47(41-43)51-37-11-7-3/h30-35,40-41H,5-29,36-39H2,1-4H3/b35-32+. The largest absolute Gasteiger partial charge is 0.490 e. The average Bonchev–Trinajstić information content (AvgIpc) is 3.17. The van der Waals surface area contributed by atoms with Crippen molar-refractivity contribution in [3.05, 3.63) is 53.6 Å². The molecule has 0 N–H and O–H groups in total. The number of hydrogen-bond donors (Lipinski definition) is 0. The summed E-state index contributed by atoms with van der Waals surface area (Å²) in [6, 6.07) is 12.2. The second-order valence-corrected chi connectivity index (χ2v) is 16.1. The fraction of sp³-hybridized carbons (Fsp3) is 0.688. The van der Waals surface area contributed by atoms with Gasteiger partial charge in [0.15, 0.2) is 17.3 Å². The summed E-state index contributed by atoms with van der Waals surface area (Å²) >= 11 is 1.94. The van der Waals surface area contributed by atoms with Crippen molar-refractivity contribution in [2.24, 2.45) is 0 Å². The van der Waals surface area contributed by atoms with E-state index in [0.717, 1.165) is 49.8 Å². The van der Waals surface area contributed by atoms with Crippen LogP contribution in [0.5, 0.6) is 17.2 Å². The monoisotopic (exact) mass is 751 g/mol. The van der Waals surface area contributed by atoms with Crippen molar-refractivity contribution in [2.45, 2.75) is 193 Å². The molecule has 0 saturated carbocycles. The molecule has 0 aromatic heterocycles. The van der Waals surface area contributed by atoms with Crippen LogP contribution in [0.3, 0.4) is 0 Å². The van der Waals surface area contributed by atoms with Crippen LogP contribution < -0.4 is 14.2 Å². The summed E-state index contributed by atoms with van der Waals surface area (Å²) in [5, 5.41) is 0. The van der Waals surface area contributed by atoms with Crippen molar-refractivity contribution >= 4 is 23.6 Å². The Morgan fingerprint density at radius 3 is 1.34 bits per heavy atom. The minimum Gasteiger partial charge on any atom is -0.490 e. The summed E-state index contributed by atoms with van der Waals surface area (Å²) in [4.78, 5) is 14.7. The number of carbonyl (C=O) groups excluding carboxylic acids is 1. The molecule has 0 radical (unpaired) electrons. The van der Waals surface area contributed by atoms with E-state index < -0.39 is 0 Å². The maximum Gasteiger partial charge on any atom is 0.203 e. The Balaban J connectivity index is 1.67. The molecule has 4 nitrogen and oxygen atoms in total. The number of ketones is 1. The maximum atomic E-state index is 13.4. The van der Waals surface area contributed by atoms with Gasteiger partial charge >= 0.3 is 0 Å². The van der Waals surface area contributed by atoms with Crippen LogP contribution in [0.1, 0.15) is 204 Å². The number of unbranched alkanes of at least 4 members (excludes halogenated alkanes) is 21. The highest BCUT2D eigenvalue weighted by Crippen LogP contribution is 2.40. The first-order valence-electron chi connectivity index (χ1n) is 22.1. The molecule has 2 aromatic carbocycles. The molecule has 2 aromatic rings. The Kier molecular flexibility index (Phi) is 29.1. The normalized spacial score (nSPS) is 11.4. The highest BCUT2D eigenvalue weighted by atomic mass is 32.2. The number of ether oxygens (including phenoxy) is 3. The van der Waals surface area contributed by atoms with E-state index in [0.29, 0.717) is 42.6 Å². The van der Waals surface area contributed by atoms with Gasteiger partial charge in [-0.3, -0.25) is 4.79 Å². The molecule has 5 heteroatoms. The fourth-order valence-corrected chi connectivity index (χ4v) is 7.27. The molecule has 0 spiro atoms. The Bertz CT molecular complexity index is 1160. The van der Waals surface area contributed by atoms with E-state index in [1.165, 1.54) is 127 Å². The minimum atomic E-state index is -0.0754. The van der Waals surface area contributed by atoms with Gasteiger partial charge in [0.2, 0.25) is 5.75 Å². The Morgan fingerprint density at radius 2 is 0.906 bits per heavy atom. The molecule has 0 fully saturated rings. The zero-order valence-electron chi connectivity index (χ0n) is 34.7. The van der Waals surface area contributed by atoms with Crippen LogP contribution in [-0.2, 0) is 0 Å². The molecule has 300 valence electrons. The first-order chi connectivity index (χ1) is 26.1. The van der Waals surface area contributed by atoms with Crippen LogP contribution >= 0.6 is 11.8 Å². The number of hydrogen-bond acceptors (Lipinski definition) is 5. The lowest BCUT2D eigenvalue weighted by atomic mass is 10.0. The van der Waals surface area contributed by atoms with E-state index >= 15 is 0 Å². The zero-order valence-corrected chi connectivity index (χ0v) is 35.5. The van der Waals surface area contributed by atoms with Crippen LogP contribution in [0.25, 0.3) is 6.08 Å². The molecule has 0 aliphatic carbocycles. The lowest BCUT2D eigenvalue weighted by molar-refractivity contribution is 0.104. The predicted octanol–water partition coefficient (Wildman–Crippen LogP) is 15.6. The van der Waals surface area contributed by atoms with Crippen LogP contribution in [0, 0.1) is 0 Å². The Hall–Kier alpha value is -2.40. The molecule has 0 bridgehead atoms. The molecule has 0 atom stereocenters. The van der Waals surface area contributed by atoms with Crippen LogP contribution in [0.4, 0.5) is 0 Å². The van der Waals surface area contributed by atoms with Gasteiger partial charge in [0.05, 0.1) is 19.8 Å². The predicted molar refractivity (Wildman–Crippen MR) is 232 cm³/mol. The van der Waals surface area contributed by atoms with E-state index in [2.05, 4.69) is 52.0 Å². The summed E-state index contributed by atoms with van der Waals surface area (Å²) in [7, 11) is 0. The number of allylic oxidation sites excluding steroid dienone is 1. The van der Waals surface area contributed by atoms with Gasteiger partial charge < -0.3 is 14.2 Å². The zero-order chi connectivity index (χ0) is 38.0. The van der Waals surface area contributed by atoms with Crippen molar-refractivity contribution in [1.82, 2.24) is 0 Å². The van der Waals surface area contributed by atoms with Crippen LogP contribution in [0.2, 0.25) is 0 Å². The Morgan fingerprint density at radius 1 is 0.509 bits per heavy atom. The summed E-state index contributed by atoms with van der Waals surface area (Å²) < 4.78 is 18.4. The second-order valence-electron chi connectivity index (χ2n) is 14.9. The summed E-state index contributed by atoms with van der Waals surface area (Å²) in [6.07, 6.45) is 36.4. The minimum absolute atomic E-state index is 0.0754. The first kappa shape index (κ1) is 46.8. The molecule has 53 heavy (non-hydrogen) atoms. The number of benzene rings is 2. The third kappa shape index (κ3) is 23.2. The van der Waals surface area contributed by atoms with Gasteiger partial charge in [-0.2, -0.15) is 0 Å². The number of rotatable bonds is 36. The smallest absolute Gasteiger partial charge is 0.203 e. The summed E-state index contributed by atoms with van der Waals surface area (Å²) in [5.41, 5.74) is 1.57. The van der Waals surface area contributed by atoms with Crippen LogP contribution in [0.15, 0.2) is 47.4 Å². The molecule has 0 unspecified atom stereocenters. The lowest BCUT2D eigenvalue weighted by Crippen LogP contribution is -2.08. The van der Waals surface area contributed by atoms with Crippen molar-refractivity contribution in [3.8, 4) is 17.2 Å². The van der Waals surface area contributed by atoms with Gasteiger partial charge in [-0.15, -0.1) is 11.8 Å². The molecule has 0 amide bonds. The van der Waals surface area contributed by atoms with Gasteiger partial charge in [-0.1, -0.05) is 181 Å². The van der Waals surface area contributed by atoms with Gasteiger partial charge in [0, 0.05) is 10.5 Å². The fourth-order valence-electron chi connectivity index (χ4n) is 6.36. The topological polar surface area (TPSA) is 44.8 Å². The van der Waals surface area contributed by atoms with Crippen molar-refractivity contribution in [3.63, 3.8) is 0 Å². The highest BCUT2D eigenvalue weighted by Gasteiger charge is 2.18. The molecule has 0 heterocycles. The van der Waals surface area contributed by atoms with Crippen molar-refractivity contribution < 1.29 is 19.0 Å². The van der Waals surface area contributed by atoms with Crippen molar-refractivity contribution in [2.75, 3.05) is 25.6 Å². The van der Waals surface area contributed by atoms with Gasteiger partial charge in [-0.05, 0) is 67.3 Å². The molecule has 2 rings (SSSR count). The van der Waals surface area contributed by atoms with Crippen molar-refractivity contribution in [1.29, 1.82) is 0 Å². The van der Waals surface area contributed by atoms with E-state index in [-0.39, 0.29) is 5.78 Å². The van der Waals surface area contributed by atoms with Gasteiger partial charge in [0.1, 0.15) is 0 Å². The van der Waals surface area contributed by atoms with Gasteiger partial charge in [0.25, 0.3) is 0 Å². The maximum absolute atomic E-state index is 13.4. The highest BCUT2D eigenvalue weighted by molar-refractivity contribution is 7.99.